The number of nitrogens with one attached hydrogen (secondary N) is 2. The molecule has 2 atom stereocenters. The fraction of sp³-hybridized carbons (Fsp3) is 0.655. The summed E-state index contributed by atoms with van der Waals surface area (Å²) in [5, 5.41) is 14.9. The van der Waals surface area contributed by atoms with Crippen LogP contribution in [0.2, 0.25) is 0 Å². The highest BCUT2D eigenvalue weighted by molar-refractivity contribution is 6.02. The van der Waals surface area contributed by atoms with E-state index >= 15 is 0 Å². The van der Waals surface area contributed by atoms with E-state index in [1.807, 2.05) is 59.2 Å². The van der Waals surface area contributed by atoms with Crippen LogP contribution in [0, 0.1) is 12.3 Å². The first-order valence-corrected chi connectivity index (χ1v) is 14.1. The molecule has 2 aromatic rings. The molecular weight excluding hydrogens is 512 g/mol. The van der Waals surface area contributed by atoms with Gasteiger partial charge in [0.15, 0.2) is 0 Å². The number of rotatable bonds is 12. The molecule has 3 rings (SSSR count). The van der Waals surface area contributed by atoms with Crippen molar-refractivity contribution in [2.24, 2.45) is 0 Å². The van der Waals surface area contributed by atoms with E-state index in [9.17, 15) is 9.59 Å². The number of amides is 2. The summed E-state index contributed by atoms with van der Waals surface area (Å²) in [6.45, 7) is 15.8. The molecule has 2 N–H and O–H groups in total. The molecule has 0 spiro atoms. The Bertz CT molecular complexity index is 1110. The van der Waals surface area contributed by atoms with Gasteiger partial charge in [-0.1, -0.05) is 19.8 Å². The van der Waals surface area contributed by atoms with Gasteiger partial charge < -0.3 is 24.8 Å². The van der Waals surface area contributed by atoms with E-state index < -0.39 is 6.09 Å². The van der Waals surface area contributed by atoms with Crippen LogP contribution in [-0.2, 0) is 26.3 Å². The Labute approximate surface area is 238 Å². The third-order valence-electron chi connectivity index (χ3n) is 6.04. The monoisotopic (exact) mass is 558 g/mol. The van der Waals surface area contributed by atoms with Gasteiger partial charge in [-0.05, 0) is 59.9 Å². The van der Waals surface area contributed by atoms with Crippen LogP contribution in [0.3, 0.4) is 0 Å². The summed E-state index contributed by atoms with van der Waals surface area (Å²) in [5.41, 5.74) is 0.938. The Morgan fingerprint density at radius 2 is 1.90 bits per heavy atom. The predicted molar refractivity (Wildman–Crippen MR) is 154 cm³/mol. The lowest BCUT2D eigenvalue weighted by molar-refractivity contribution is 0.0552. The van der Waals surface area contributed by atoms with E-state index in [0.717, 1.165) is 18.5 Å². The minimum absolute atomic E-state index is 0.0241. The van der Waals surface area contributed by atoms with Crippen LogP contribution in [-0.4, -0.2) is 70.1 Å². The van der Waals surface area contributed by atoms with E-state index in [2.05, 4.69) is 21.7 Å². The molecule has 0 saturated heterocycles. The number of carbonyl (C=O) groups excluding carboxylic acids is 2. The molecule has 1 aliphatic carbocycles. The van der Waals surface area contributed by atoms with Crippen molar-refractivity contribution in [3.05, 3.63) is 29.7 Å². The van der Waals surface area contributed by atoms with Crippen LogP contribution in [0.1, 0.15) is 89.8 Å². The van der Waals surface area contributed by atoms with Gasteiger partial charge in [0.25, 0.3) is 5.91 Å². The maximum Gasteiger partial charge on any atom is 0.407 e. The van der Waals surface area contributed by atoms with Gasteiger partial charge in [0, 0.05) is 24.2 Å². The topological polar surface area (TPSA) is 122 Å². The second kappa shape index (κ2) is 16.0. The summed E-state index contributed by atoms with van der Waals surface area (Å²) in [6, 6.07) is 3.62. The van der Waals surface area contributed by atoms with Gasteiger partial charge >= 0.3 is 6.09 Å². The maximum atomic E-state index is 13.2. The molecule has 2 unspecified atom stereocenters. The summed E-state index contributed by atoms with van der Waals surface area (Å²) in [4.78, 5) is 25.2. The Kier molecular flexibility index (Phi) is 13.2. The molecular formula is C29H46N6O5. The van der Waals surface area contributed by atoms with Crippen molar-refractivity contribution in [1.82, 2.24) is 24.9 Å². The highest BCUT2D eigenvalue weighted by atomic mass is 16.6. The number of ether oxygens (including phenoxy) is 3. The molecule has 0 radical (unpaired) electrons. The van der Waals surface area contributed by atoms with Crippen LogP contribution < -0.4 is 10.6 Å². The lowest BCUT2D eigenvalue weighted by atomic mass is 10.0. The average Bonchev–Trinajstić information content (AvgIpc) is 3.64. The molecule has 1 fully saturated rings. The number of hydrogen-bond donors (Lipinski definition) is 2. The summed E-state index contributed by atoms with van der Waals surface area (Å²) in [5.74, 6) is 2.86. The van der Waals surface area contributed by atoms with E-state index in [-0.39, 0.29) is 36.1 Å². The fourth-order valence-corrected chi connectivity index (χ4v) is 4.32. The molecule has 2 heterocycles. The summed E-state index contributed by atoms with van der Waals surface area (Å²) >= 11 is 0. The average molecular weight is 559 g/mol. The first kappa shape index (κ1) is 32.8. The Hall–Kier alpha value is -3.36. The maximum absolute atomic E-state index is 13.2. The Morgan fingerprint density at radius 3 is 2.58 bits per heavy atom. The van der Waals surface area contributed by atoms with Crippen molar-refractivity contribution in [1.29, 1.82) is 0 Å². The first-order chi connectivity index (χ1) is 19.1. The normalized spacial score (nSPS) is 16.7. The third kappa shape index (κ3) is 9.99. The molecule has 0 aliphatic heterocycles. The molecule has 11 nitrogen and oxygen atoms in total. The van der Waals surface area contributed by atoms with Crippen molar-refractivity contribution in [3.8, 4) is 12.3 Å². The van der Waals surface area contributed by atoms with Crippen molar-refractivity contribution >= 4 is 17.8 Å². The molecule has 0 bridgehead atoms. The van der Waals surface area contributed by atoms with Crippen LogP contribution in [0.5, 0.6) is 0 Å². The summed E-state index contributed by atoms with van der Waals surface area (Å²) in [7, 11) is 0. The van der Waals surface area contributed by atoms with Crippen LogP contribution >= 0.6 is 0 Å². The van der Waals surface area contributed by atoms with Gasteiger partial charge in [-0.25, -0.2) is 9.48 Å². The molecule has 1 aliphatic rings. The van der Waals surface area contributed by atoms with Crippen molar-refractivity contribution < 1.29 is 23.8 Å². The zero-order valence-electron chi connectivity index (χ0n) is 25.0. The van der Waals surface area contributed by atoms with E-state index in [0.29, 0.717) is 44.3 Å². The Balaban J connectivity index is 0.00000274. The smallest absolute Gasteiger partial charge is 0.407 e. The van der Waals surface area contributed by atoms with Crippen molar-refractivity contribution in [3.63, 3.8) is 0 Å². The molecule has 2 amide bonds. The quantitative estimate of drug-likeness (QED) is 0.290. The second-order valence-electron chi connectivity index (χ2n) is 10.6. The molecule has 1 saturated carbocycles. The van der Waals surface area contributed by atoms with Crippen molar-refractivity contribution in [2.45, 2.75) is 97.9 Å². The lowest BCUT2D eigenvalue weighted by Crippen LogP contribution is -2.33. The fourth-order valence-electron chi connectivity index (χ4n) is 4.32. The first-order valence-electron chi connectivity index (χ1n) is 14.1. The molecule has 0 aromatic carbocycles. The minimum Gasteiger partial charge on any atom is -0.446 e. The molecule has 11 heteroatoms. The lowest BCUT2D eigenvalue weighted by Gasteiger charge is -2.22. The van der Waals surface area contributed by atoms with Crippen LogP contribution in [0.15, 0.2) is 18.3 Å². The molecule has 222 valence electrons. The number of hydrogen-bond acceptors (Lipinski definition) is 7. The third-order valence-corrected chi connectivity index (χ3v) is 6.04. The highest BCUT2D eigenvalue weighted by Gasteiger charge is 2.32. The molecule has 2 aromatic heterocycles. The van der Waals surface area contributed by atoms with Gasteiger partial charge in [-0.3, -0.25) is 9.48 Å². The summed E-state index contributed by atoms with van der Waals surface area (Å²) in [6.07, 6.45) is 8.51. The SMILES string of the molecule is C#CCOCCOCCn1nccc1C(=O)Nc1cc(C2CCC(OC(=O)NC(C)C)C2)nn1C(C)(C)C.CC. The Morgan fingerprint density at radius 1 is 1.18 bits per heavy atom. The number of alkyl carbamates (subject to hydrolysis) is 1. The number of nitrogens with zero attached hydrogens (tertiary/aromatic N) is 4. The van der Waals surface area contributed by atoms with Crippen LogP contribution in [0.4, 0.5) is 10.6 Å². The van der Waals surface area contributed by atoms with Gasteiger partial charge in [0.05, 0.1) is 37.6 Å². The van der Waals surface area contributed by atoms with E-state index in [1.165, 1.54) is 0 Å². The number of terminal acetylenes is 1. The number of carbonyl (C=O) groups is 2. The highest BCUT2D eigenvalue weighted by Crippen LogP contribution is 2.37. The standard InChI is InChI=1S/C27H40N6O5.C2H6/c1-7-13-36-15-16-37-14-12-32-23(10-11-28-32)25(34)30-24-18-22(31-33(24)27(4,5)6)20-8-9-21(17-20)38-26(35)29-19(2)3;1-2/h1,10-11,18-21H,8-9,12-17H2,2-6H3,(H,29,35)(H,30,34);1-2H3. The second-order valence-corrected chi connectivity index (χ2v) is 10.6. The largest absolute Gasteiger partial charge is 0.446 e. The summed E-state index contributed by atoms with van der Waals surface area (Å²) < 4.78 is 19.8. The predicted octanol–water partition coefficient (Wildman–Crippen LogP) is 4.55. The number of anilines is 1. The van der Waals surface area contributed by atoms with Gasteiger partial charge in [0.1, 0.15) is 24.2 Å². The van der Waals surface area contributed by atoms with Gasteiger partial charge in [-0.15, -0.1) is 6.42 Å². The van der Waals surface area contributed by atoms with E-state index in [4.69, 9.17) is 25.7 Å². The minimum atomic E-state index is -0.391. The van der Waals surface area contributed by atoms with Gasteiger partial charge in [0.2, 0.25) is 0 Å². The van der Waals surface area contributed by atoms with Crippen molar-refractivity contribution in [2.75, 3.05) is 31.7 Å². The molecule has 40 heavy (non-hydrogen) atoms. The number of aromatic nitrogens is 4. The van der Waals surface area contributed by atoms with Gasteiger partial charge in [-0.2, -0.15) is 10.2 Å². The zero-order valence-corrected chi connectivity index (χ0v) is 25.0. The van der Waals surface area contributed by atoms with E-state index in [1.54, 1.807) is 16.9 Å². The van der Waals surface area contributed by atoms with Crippen LogP contribution in [0.25, 0.3) is 0 Å². The zero-order chi connectivity index (χ0) is 29.7.